The maximum Gasteiger partial charge on any atom is 0.322 e. The molecular weight excluding hydrogens is 400 g/mol. The number of nitrogens with two attached hydrogens (primary N) is 1. The summed E-state index contributed by atoms with van der Waals surface area (Å²) in [6.45, 7) is 3.69. The lowest BCUT2D eigenvalue weighted by Gasteiger charge is -2.40. The molecule has 2 saturated heterocycles. The molecule has 2 fully saturated rings. The van der Waals surface area contributed by atoms with Gasteiger partial charge in [-0.15, -0.1) is 0 Å². The fourth-order valence-corrected chi connectivity index (χ4v) is 5.17. The minimum absolute atomic E-state index is 0.0359. The van der Waals surface area contributed by atoms with Crippen LogP contribution in [0.2, 0.25) is 0 Å². The first-order valence-electron chi connectivity index (χ1n) is 11.8. The van der Waals surface area contributed by atoms with Crippen LogP contribution >= 0.6 is 0 Å². The molecule has 2 heterocycles. The summed E-state index contributed by atoms with van der Waals surface area (Å²) < 4.78 is 0. The predicted octanol–water partition coefficient (Wildman–Crippen LogP) is 4.47. The minimum Gasteiger partial charge on any atom is -0.366 e. The highest BCUT2D eigenvalue weighted by atomic mass is 16.2. The molecule has 32 heavy (non-hydrogen) atoms. The van der Waals surface area contributed by atoms with Gasteiger partial charge in [0.05, 0.1) is 0 Å². The number of anilines is 1. The monoisotopic (exact) mass is 434 g/mol. The SMILES string of the molecule is NC(=O)c1cccc(CN2CCC([C@@H]3CCCCCN3C(=O)Nc3ccccc3)CC2)c1. The summed E-state index contributed by atoms with van der Waals surface area (Å²) in [5.74, 6) is 0.149. The van der Waals surface area contributed by atoms with E-state index in [1.54, 1.807) is 6.07 Å². The Bertz CT molecular complexity index is 909. The zero-order valence-corrected chi connectivity index (χ0v) is 18.7. The van der Waals surface area contributed by atoms with Crippen LogP contribution in [-0.2, 0) is 6.54 Å². The largest absolute Gasteiger partial charge is 0.366 e. The summed E-state index contributed by atoms with van der Waals surface area (Å²) in [5, 5.41) is 3.10. The number of hydrogen-bond acceptors (Lipinski definition) is 3. The van der Waals surface area contributed by atoms with Gasteiger partial charge in [-0.05, 0) is 74.5 Å². The lowest BCUT2D eigenvalue weighted by atomic mass is 9.86. The van der Waals surface area contributed by atoms with Crippen molar-refractivity contribution in [2.45, 2.75) is 51.1 Å². The number of urea groups is 1. The Hall–Kier alpha value is -2.86. The van der Waals surface area contributed by atoms with Crippen molar-refractivity contribution in [3.05, 3.63) is 65.7 Å². The van der Waals surface area contributed by atoms with Crippen molar-refractivity contribution in [3.8, 4) is 0 Å². The van der Waals surface area contributed by atoms with Crippen LogP contribution in [-0.4, -0.2) is 47.4 Å². The second kappa shape index (κ2) is 10.6. The van der Waals surface area contributed by atoms with E-state index in [0.29, 0.717) is 17.5 Å². The molecule has 170 valence electrons. The smallest absolute Gasteiger partial charge is 0.322 e. The Morgan fingerprint density at radius 3 is 2.44 bits per heavy atom. The van der Waals surface area contributed by atoms with Crippen molar-refractivity contribution in [2.75, 3.05) is 25.0 Å². The third-order valence-electron chi connectivity index (χ3n) is 6.88. The lowest BCUT2D eigenvalue weighted by Crippen LogP contribution is -2.49. The molecule has 0 aliphatic carbocycles. The van der Waals surface area contributed by atoms with Gasteiger partial charge >= 0.3 is 6.03 Å². The normalized spacial score (nSPS) is 20.5. The van der Waals surface area contributed by atoms with Gasteiger partial charge in [-0.3, -0.25) is 9.69 Å². The van der Waals surface area contributed by atoms with E-state index in [1.165, 1.54) is 12.8 Å². The number of primary amides is 1. The Morgan fingerprint density at radius 2 is 1.69 bits per heavy atom. The van der Waals surface area contributed by atoms with Crippen molar-refractivity contribution in [1.82, 2.24) is 9.80 Å². The number of para-hydroxylation sites is 1. The molecule has 0 saturated carbocycles. The van der Waals surface area contributed by atoms with Gasteiger partial charge in [-0.2, -0.15) is 0 Å². The van der Waals surface area contributed by atoms with Crippen LogP contribution in [0.4, 0.5) is 10.5 Å². The summed E-state index contributed by atoms with van der Waals surface area (Å²) in [6.07, 6.45) is 6.74. The van der Waals surface area contributed by atoms with Crippen LogP contribution in [0, 0.1) is 5.92 Å². The maximum atomic E-state index is 13.1. The number of amides is 3. The van der Waals surface area contributed by atoms with E-state index in [2.05, 4.69) is 21.2 Å². The predicted molar refractivity (Wildman–Crippen MR) is 127 cm³/mol. The molecule has 6 heteroatoms. The first kappa shape index (κ1) is 22.3. The molecule has 2 aliphatic rings. The Morgan fingerprint density at radius 1 is 0.906 bits per heavy atom. The molecule has 6 nitrogen and oxygen atoms in total. The van der Waals surface area contributed by atoms with Crippen molar-refractivity contribution in [2.24, 2.45) is 11.7 Å². The van der Waals surface area contributed by atoms with Gasteiger partial charge in [-0.25, -0.2) is 4.79 Å². The molecule has 2 aliphatic heterocycles. The molecule has 3 amide bonds. The highest BCUT2D eigenvalue weighted by Gasteiger charge is 2.34. The number of piperidine rings is 1. The van der Waals surface area contributed by atoms with Crippen LogP contribution < -0.4 is 11.1 Å². The zero-order chi connectivity index (χ0) is 22.3. The third kappa shape index (κ3) is 5.68. The van der Waals surface area contributed by atoms with Crippen molar-refractivity contribution in [3.63, 3.8) is 0 Å². The van der Waals surface area contributed by atoms with Crippen molar-refractivity contribution >= 4 is 17.6 Å². The molecule has 0 bridgehead atoms. The Labute approximate surface area is 190 Å². The van der Waals surface area contributed by atoms with E-state index >= 15 is 0 Å². The average Bonchev–Trinajstić information content (AvgIpc) is 3.07. The topological polar surface area (TPSA) is 78.7 Å². The quantitative estimate of drug-likeness (QED) is 0.729. The second-order valence-corrected chi connectivity index (χ2v) is 9.08. The van der Waals surface area contributed by atoms with Gasteiger partial charge in [0, 0.05) is 30.4 Å². The van der Waals surface area contributed by atoms with E-state index in [0.717, 1.165) is 63.1 Å². The van der Waals surface area contributed by atoms with E-state index in [9.17, 15) is 9.59 Å². The maximum absolute atomic E-state index is 13.1. The number of carbonyl (C=O) groups excluding carboxylic acids is 2. The number of nitrogens with zero attached hydrogens (tertiary/aromatic N) is 2. The summed E-state index contributed by atoms with van der Waals surface area (Å²) in [5.41, 5.74) is 7.97. The molecule has 0 aromatic heterocycles. The van der Waals surface area contributed by atoms with E-state index in [1.807, 2.05) is 42.5 Å². The van der Waals surface area contributed by atoms with Gasteiger partial charge in [0.1, 0.15) is 0 Å². The molecule has 0 unspecified atom stereocenters. The van der Waals surface area contributed by atoms with E-state index in [4.69, 9.17) is 5.73 Å². The molecule has 0 spiro atoms. The molecule has 2 aromatic rings. The van der Waals surface area contributed by atoms with Crippen molar-refractivity contribution < 1.29 is 9.59 Å². The average molecular weight is 435 g/mol. The summed E-state index contributed by atoms with van der Waals surface area (Å²) >= 11 is 0. The van der Waals surface area contributed by atoms with Crippen LogP contribution in [0.25, 0.3) is 0 Å². The van der Waals surface area contributed by atoms with Gasteiger partial charge in [0.15, 0.2) is 0 Å². The van der Waals surface area contributed by atoms with Crippen LogP contribution in [0.15, 0.2) is 54.6 Å². The second-order valence-electron chi connectivity index (χ2n) is 9.08. The fourth-order valence-electron chi connectivity index (χ4n) is 5.17. The lowest BCUT2D eigenvalue weighted by molar-refractivity contribution is 0.0996. The molecule has 3 N–H and O–H groups in total. The minimum atomic E-state index is -0.382. The highest BCUT2D eigenvalue weighted by Crippen LogP contribution is 2.31. The first-order valence-corrected chi connectivity index (χ1v) is 11.8. The first-order chi connectivity index (χ1) is 15.6. The third-order valence-corrected chi connectivity index (χ3v) is 6.88. The number of hydrogen-bond donors (Lipinski definition) is 2. The van der Waals surface area contributed by atoms with Gasteiger partial charge in [0.2, 0.25) is 5.91 Å². The van der Waals surface area contributed by atoms with Crippen LogP contribution in [0.3, 0.4) is 0 Å². The number of rotatable bonds is 5. The van der Waals surface area contributed by atoms with Gasteiger partial charge < -0.3 is 16.0 Å². The van der Waals surface area contributed by atoms with Crippen molar-refractivity contribution in [1.29, 1.82) is 0 Å². The number of likely N-dealkylation sites (tertiary alicyclic amines) is 2. The standard InChI is InChI=1S/C26H34N4O2/c27-25(31)22-9-7-8-20(18-22)19-29-16-13-21(14-17-29)24-12-5-2-6-15-30(24)26(32)28-23-10-3-1-4-11-23/h1,3-4,7-11,18,21,24H,2,5-6,12-17,19H2,(H2,27,31)(H,28,32)/t24-/m0/s1. The van der Waals surface area contributed by atoms with Crippen LogP contribution in [0.5, 0.6) is 0 Å². The molecule has 1 atom stereocenters. The van der Waals surface area contributed by atoms with Crippen LogP contribution in [0.1, 0.15) is 54.4 Å². The number of benzene rings is 2. The Balaban J connectivity index is 1.36. The Kier molecular flexibility index (Phi) is 7.43. The molecule has 2 aromatic carbocycles. The summed E-state index contributed by atoms with van der Waals surface area (Å²) in [4.78, 5) is 29.2. The molecule has 0 radical (unpaired) electrons. The van der Waals surface area contributed by atoms with Gasteiger partial charge in [0.25, 0.3) is 0 Å². The highest BCUT2D eigenvalue weighted by molar-refractivity contribution is 5.92. The van der Waals surface area contributed by atoms with E-state index < -0.39 is 0 Å². The van der Waals surface area contributed by atoms with Gasteiger partial charge in [-0.1, -0.05) is 43.2 Å². The van der Waals surface area contributed by atoms with E-state index in [-0.39, 0.29) is 11.9 Å². The number of nitrogens with one attached hydrogen (secondary N) is 1. The summed E-state index contributed by atoms with van der Waals surface area (Å²) in [6, 6.07) is 17.7. The molecule has 4 rings (SSSR count). The number of carbonyl (C=O) groups is 2. The fraction of sp³-hybridized carbons (Fsp3) is 0.462. The summed E-state index contributed by atoms with van der Waals surface area (Å²) in [7, 11) is 0. The zero-order valence-electron chi connectivity index (χ0n) is 18.7. The molecular formula is C26H34N4O2.